The molecule has 0 radical (unpaired) electrons. The fourth-order valence-electron chi connectivity index (χ4n) is 1.83. The van der Waals surface area contributed by atoms with Crippen LogP contribution in [0.1, 0.15) is 37.9 Å². The summed E-state index contributed by atoms with van der Waals surface area (Å²) >= 11 is 0. The van der Waals surface area contributed by atoms with Crippen molar-refractivity contribution >= 4 is 0 Å². The third kappa shape index (κ3) is 2.94. The molecule has 0 aliphatic heterocycles. The first kappa shape index (κ1) is 11.9. The first-order valence-electron chi connectivity index (χ1n) is 6.18. The van der Waals surface area contributed by atoms with Crippen molar-refractivity contribution < 1.29 is 0 Å². The van der Waals surface area contributed by atoms with Crippen LogP contribution in [-0.2, 0) is 0 Å². The minimum absolute atomic E-state index is 0.0555. The van der Waals surface area contributed by atoms with Gasteiger partial charge in [-0.15, -0.1) is 0 Å². The van der Waals surface area contributed by atoms with Gasteiger partial charge in [0.05, 0.1) is 11.4 Å². The topological polar surface area (TPSA) is 43.8 Å². The van der Waals surface area contributed by atoms with Crippen molar-refractivity contribution in [1.82, 2.24) is 9.78 Å². The van der Waals surface area contributed by atoms with E-state index in [0.29, 0.717) is 0 Å². The summed E-state index contributed by atoms with van der Waals surface area (Å²) in [6.45, 7) is 2.18. The van der Waals surface area contributed by atoms with Crippen LogP contribution in [0.3, 0.4) is 0 Å². The Kier molecular flexibility index (Phi) is 3.94. The van der Waals surface area contributed by atoms with Gasteiger partial charge < -0.3 is 5.73 Å². The highest BCUT2D eigenvalue weighted by molar-refractivity contribution is 5.30. The van der Waals surface area contributed by atoms with Crippen LogP contribution in [0.25, 0.3) is 5.69 Å². The average molecular weight is 229 g/mol. The number of hydrogen-bond acceptors (Lipinski definition) is 2. The minimum Gasteiger partial charge on any atom is -0.323 e. The molecule has 0 aliphatic rings. The predicted octanol–water partition coefficient (Wildman–Crippen LogP) is 3.06. The van der Waals surface area contributed by atoms with Gasteiger partial charge in [0.1, 0.15) is 0 Å². The van der Waals surface area contributed by atoms with E-state index < -0.39 is 0 Å². The highest BCUT2D eigenvalue weighted by Crippen LogP contribution is 2.16. The Labute approximate surface area is 102 Å². The molecule has 2 N–H and O–H groups in total. The Hall–Kier alpha value is -1.61. The lowest BCUT2D eigenvalue weighted by Gasteiger charge is -2.07. The first-order valence-corrected chi connectivity index (χ1v) is 6.18. The molecule has 1 atom stereocenters. The van der Waals surface area contributed by atoms with Crippen LogP contribution in [0.4, 0.5) is 0 Å². The van der Waals surface area contributed by atoms with E-state index in [1.54, 1.807) is 0 Å². The Bertz CT molecular complexity index is 448. The van der Waals surface area contributed by atoms with Gasteiger partial charge in [-0.05, 0) is 24.6 Å². The molecule has 1 aromatic heterocycles. The zero-order valence-electron chi connectivity index (χ0n) is 10.2. The van der Waals surface area contributed by atoms with Crippen LogP contribution < -0.4 is 5.73 Å². The Morgan fingerprint density at radius 3 is 2.71 bits per heavy atom. The Morgan fingerprint density at radius 1 is 1.24 bits per heavy atom. The molecule has 0 saturated heterocycles. The zero-order chi connectivity index (χ0) is 12.1. The number of nitrogens with zero attached hydrogens (tertiary/aromatic N) is 2. The summed E-state index contributed by atoms with van der Waals surface area (Å²) in [5.74, 6) is 0. The number of aromatic nitrogens is 2. The molecule has 2 aromatic rings. The van der Waals surface area contributed by atoms with Crippen LogP contribution in [0.15, 0.2) is 42.6 Å². The largest absolute Gasteiger partial charge is 0.323 e. The smallest absolute Gasteiger partial charge is 0.0796 e. The number of benzene rings is 1. The fourth-order valence-corrected chi connectivity index (χ4v) is 1.83. The molecule has 1 heterocycles. The maximum absolute atomic E-state index is 6.10. The standard InChI is InChI=1S/C14H19N3/c1-2-3-9-13(15)14-10-11-17(16-14)12-7-5-4-6-8-12/h4-8,10-11,13H,2-3,9,15H2,1H3. The third-order valence-corrected chi connectivity index (χ3v) is 2.88. The SMILES string of the molecule is CCCCC(N)c1ccn(-c2ccccc2)n1. The molecule has 0 spiro atoms. The first-order chi connectivity index (χ1) is 8.31. The number of para-hydroxylation sites is 1. The van der Waals surface area contributed by atoms with Gasteiger partial charge in [-0.2, -0.15) is 5.10 Å². The van der Waals surface area contributed by atoms with Crippen molar-refractivity contribution in [3.8, 4) is 5.69 Å². The lowest BCUT2D eigenvalue weighted by atomic mass is 10.1. The second kappa shape index (κ2) is 5.64. The van der Waals surface area contributed by atoms with Crippen molar-refractivity contribution in [3.63, 3.8) is 0 Å². The molecule has 17 heavy (non-hydrogen) atoms. The predicted molar refractivity (Wildman–Crippen MR) is 70.0 cm³/mol. The van der Waals surface area contributed by atoms with E-state index in [1.807, 2.05) is 47.3 Å². The van der Waals surface area contributed by atoms with E-state index >= 15 is 0 Å². The molecule has 0 saturated carbocycles. The summed E-state index contributed by atoms with van der Waals surface area (Å²) in [5, 5.41) is 4.52. The molecule has 3 nitrogen and oxygen atoms in total. The quantitative estimate of drug-likeness (QED) is 0.856. The summed E-state index contributed by atoms with van der Waals surface area (Å²) in [5.41, 5.74) is 8.14. The van der Waals surface area contributed by atoms with Crippen molar-refractivity contribution in [1.29, 1.82) is 0 Å². The van der Waals surface area contributed by atoms with Gasteiger partial charge in [-0.25, -0.2) is 4.68 Å². The van der Waals surface area contributed by atoms with E-state index in [1.165, 1.54) is 6.42 Å². The number of nitrogens with two attached hydrogens (primary N) is 1. The van der Waals surface area contributed by atoms with E-state index in [4.69, 9.17) is 5.73 Å². The van der Waals surface area contributed by atoms with Crippen LogP contribution in [0.5, 0.6) is 0 Å². The molecular weight excluding hydrogens is 210 g/mol. The normalized spacial score (nSPS) is 12.6. The maximum Gasteiger partial charge on any atom is 0.0796 e. The van der Waals surface area contributed by atoms with Crippen LogP contribution in [0, 0.1) is 0 Å². The van der Waals surface area contributed by atoms with Crippen LogP contribution >= 0.6 is 0 Å². The molecular formula is C14H19N3. The van der Waals surface area contributed by atoms with Crippen LogP contribution in [-0.4, -0.2) is 9.78 Å². The lowest BCUT2D eigenvalue weighted by Crippen LogP contribution is -2.11. The van der Waals surface area contributed by atoms with Crippen LogP contribution in [0.2, 0.25) is 0 Å². The monoisotopic (exact) mass is 229 g/mol. The van der Waals surface area contributed by atoms with E-state index in [0.717, 1.165) is 24.2 Å². The minimum atomic E-state index is 0.0555. The van der Waals surface area contributed by atoms with Crippen molar-refractivity contribution in [2.75, 3.05) is 0 Å². The highest BCUT2D eigenvalue weighted by Gasteiger charge is 2.09. The molecule has 3 heteroatoms. The fraction of sp³-hybridized carbons (Fsp3) is 0.357. The average Bonchev–Trinajstić information content (AvgIpc) is 2.86. The van der Waals surface area contributed by atoms with Gasteiger partial charge in [-0.3, -0.25) is 0 Å². The summed E-state index contributed by atoms with van der Waals surface area (Å²) in [6, 6.07) is 12.2. The van der Waals surface area contributed by atoms with Gasteiger partial charge in [0, 0.05) is 12.2 Å². The van der Waals surface area contributed by atoms with Crippen molar-refractivity contribution in [2.45, 2.75) is 32.2 Å². The Morgan fingerprint density at radius 2 is 2.00 bits per heavy atom. The van der Waals surface area contributed by atoms with Gasteiger partial charge in [0.15, 0.2) is 0 Å². The second-order valence-corrected chi connectivity index (χ2v) is 4.27. The molecule has 0 amide bonds. The molecule has 2 rings (SSSR count). The van der Waals surface area contributed by atoms with E-state index in [9.17, 15) is 0 Å². The molecule has 0 fully saturated rings. The zero-order valence-corrected chi connectivity index (χ0v) is 10.2. The lowest BCUT2D eigenvalue weighted by molar-refractivity contribution is 0.584. The number of rotatable bonds is 5. The number of hydrogen-bond donors (Lipinski definition) is 1. The van der Waals surface area contributed by atoms with Crippen molar-refractivity contribution in [3.05, 3.63) is 48.3 Å². The summed E-state index contributed by atoms with van der Waals surface area (Å²) in [6.07, 6.45) is 5.30. The van der Waals surface area contributed by atoms with Gasteiger partial charge in [0.2, 0.25) is 0 Å². The van der Waals surface area contributed by atoms with Gasteiger partial charge in [0.25, 0.3) is 0 Å². The van der Waals surface area contributed by atoms with E-state index in [2.05, 4.69) is 12.0 Å². The highest BCUT2D eigenvalue weighted by atomic mass is 15.3. The second-order valence-electron chi connectivity index (χ2n) is 4.27. The summed E-state index contributed by atoms with van der Waals surface area (Å²) in [4.78, 5) is 0. The molecule has 0 bridgehead atoms. The maximum atomic E-state index is 6.10. The Balaban J connectivity index is 2.11. The van der Waals surface area contributed by atoms with E-state index in [-0.39, 0.29) is 6.04 Å². The third-order valence-electron chi connectivity index (χ3n) is 2.88. The number of unbranched alkanes of at least 4 members (excludes halogenated alkanes) is 1. The molecule has 90 valence electrons. The van der Waals surface area contributed by atoms with Crippen molar-refractivity contribution in [2.24, 2.45) is 5.73 Å². The summed E-state index contributed by atoms with van der Waals surface area (Å²) < 4.78 is 1.88. The van der Waals surface area contributed by atoms with Gasteiger partial charge >= 0.3 is 0 Å². The molecule has 0 aliphatic carbocycles. The van der Waals surface area contributed by atoms with Gasteiger partial charge in [-0.1, -0.05) is 38.0 Å². The summed E-state index contributed by atoms with van der Waals surface area (Å²) in [7, 11) is 0. The molecule has 1 aromatic carbocycles. The molecule has 1 unspecified atom stereocenters.